The van der Waals surface area contributed by atoms with Crippen LogP contribution < -0.4 is 15.7 Å². The van der Waals surface area contributed by atoms with Gasteiger partial charge in [-0.05, 0) is 42.9 Å². The molecule has 4 atom stereocenters. The van der Waals surface area contributed by atoms with E-state index >= 15 is 0 Å². The number of methoxy groups -OCH3 is 1. The number of carbonyl (C=O) groups excluding carboxylic acids is 3. The molecule has 1 aromatic carbocycles. The first kappa shape index (κ1) is 22.0. The average Bonchev–Trinajstić information content (AvgIpc) is 3.61. The zero-order chi connectivity index (χ0) is 23.8. The third-order valence-electron chi connectivity index (χ3n) is 7.10. The first-order chi connectivity index (χ1) is 16.5. The van der Waals surface area contributed by atoms with Crippen LogP contribution in [0.3, 0.4) is 0 Å². The van der Waals surface area contributed by atoms with Crippen LogP contribution in [0.1, 0.15) is 29.8 Å². The van der Waals surface area contributed by atoms with Gasteiger partial charge in [0.15, 0.2) is 0 Å². The van der Waals surface area contributed by atoms with E-state index in [0.29, 0.717) is 24.3 Å². The topological polar surface area (TPSA) is 129 Å². The van der Waals surface area contributed by atoms with Gasteiger partial charge in [-0.2, -0.15) is 0 Å². The standard InChI is InChI=1S/C24H27N5O5/c1-34-20-7-3-6-18-17(20)10-19(27-18)23(32)29-11-14-4-2-5-16(14)21(29)22(31)26-15(13-30)12-28-9-8-25-24(28)33/h3,6-10,13-16,21,27H,2,4-5,11-12H2,1H3,(H,25,33)(H,26,31)/t14-,15-,16-,21?/m0/s1. The molecule has 2 fully saturated rings. The van der Waals surface area contributed by atoms with Gasteiger partial charge < -0.3 is 29.7 Å². The number of H-pyrrole nitrogens is 2. The lowest BCUT2D eigenvalue weighted by molar-refractivity contribution is -0.128. The Bertz CT molecular complexity index is 1290. The van der Waals surface area contributed by atoms with Crippen molar-refractivity contribution in [2.24, 2.45) is 11.8 Å². The Kier molecular flexibility index (Phi) is 5.72. The maximum absolute atomic E-state index is 13.6. The number of likely N-dealkylation sites (tertiary alicyclic amines) is 1. The molecule has 1 unspecified atom stereocenters. The minimum Gasteiger partial charge on any atom is -0.496 e. The van der Waals surface area contributed by atoms with Crippen molar-refractivity contribution in [3.8, 4) is 5.75 Å². The average molecular weight is 466 g/mol. The maximum atomic E-state index is 13.6. The van der Waals surface area contributed by atoms with Gasteiger partial charge >= 0.3 is 5.69 Å². The van der Waals surface area contributed by atoms with Crippen LogP contribution in [0.25, 0.3) is 10.9 Å². The van der Waals surface area contributed by atoms with Crippen molar-refractivity contribution >= 4 is 29.0 Å². The molecule has 10 nitrogen and oxygen atoms in total. The molecule has 1 saturated heterocycles. The summed E-state index contributed by atoms with van der Waals surface area (Å²) in [4.78, 5) is 57.7. The Morgan fingerprint density at radius 1 is 1.32 bits per heavy atom. The van der Waals surface area contributed by atoms with Crippen LogP contribution in [0.15, 0.2) is 41.5 Å². The minimum atomic E-state index is -0.879. The zero-order valence-corrected chi connectivity index (χ0v) is 18.8. The summed E-state index contributed by atoms with van der Waals surface area (Å²) < 4.78 is 6.73. The van der Waals surface area contributed by atoms with E-state index in [4.69, 9.17) is 4.74 Å². The van der Waals surface area contributed by atoms with Gasteiger partial charge in [0.05, 0.1) is 13.7 Å². The number of aromatic amines is 2. The van der Waals surface area contributed by atoms with Crippen LogP contribution in [-0.2, 0) is 16.1 Å². The number of carbonyl (C=O) groups is 3. The van der Waals surface area contributed by atoms with Crippen LogP contribution >= 0.6 is 0 Å². The smallest absolute Gasteiger partial charge is 0.325 e. The van der Waals surface area contributed by atoms with Gasteiger partial charge in [0, 0.05) is 29.8 Å². The largest absolute Gasteiger partial charge is 0.496 e. The van der Waals surface area contributed by atoms with Crippen molar-refractivity contribution in [3.63, 3.8) is 0 Å². The highest BCUT2D eigenvalue weighted by atomic mass is 16.5. The second-order valence-corrected chi connectivity index (χ2v) is 9.03. The number of ether oxygens (including phenoxy) is 1. The molecular weight excluding hydrogens is 438 g/mol. The number of hydrogen-bond donors (Lipinski definition) is 3. The van der Waals surface area contributed by atoms with Crippen LogP contribution in [0.4, 0.5) is 0 Å². The van der Waals surface area contributed by atoms with Crippen LogP contribution in [0.5, 0.6) is 5.75 Å². The molecule has 1 saturated carbocycles. The predicted molar refractivity (Wildman–Crippen MR) is 124 cm³/mol. The van der Waals surface area contributed by atoms with E-state index in [1.807, 2.05) is 18.2 Å². The molecule has 3 N–H and O–H groups in total. The number of amides is 2. The number of nitrogens with zero attached hydrogens (tertiary/aromatic N) is 2. The van der Waals surface area contributed by atoms with E-state index in [2.05, 4.69) is 15.3 Å². The molecule has 34 heavy (non-hydrogen) atoms. The number of hydrogen-bond acceptors (Lipinski definition) is 5. The molecule has 3 heterocycles. The molecule has 1 aliphatic carbocycles. The predicted octanol–water partition coefficient (Wildman–Crippen LogP) is 1.29. The first-order valence-corrected chi connectivity index (χ1v) is 11.5. The fraction of sp³-hybridized carbons (Fsp3) is 0.417. The number of rotatable bonds is 7. The summed E-state index contributed by atoms with van der Waals surface area (Å²) in [6, 6.07) is 5.75. The number of aldehydes is 1. The second kappa shape index (κ2) is 8.85. The molecule has 2 amide bonds. The van der Waals surface area contributed by atoms with Crippen molar-refractivity contribution in [2.75, 3.05) is 13.7 Å². The molecular formula is C24H27N5O5. The number of aromatic nitrogens is 3. The molecule has 10 heteroatoms. The second-order valence-electron chi connectivity index (χ2n) is 9.03. The highest BCUT2D eigenvalue weighted by molar-refractivity contribution is 6.02. The van der Waals surface area contributed by atoms with Gasteiger partial charge in [0.25, 0.3) is 5.91 Å². The Morgan fingerprint density at radius 2 is 2.18 bits per heavy atom. The van der Waals surface area contributed by atoms with Gasteiger partial charge in [-0.15, -0.1) is 0 Å². The number of imidazole rings is 1. The minimum absolute atomic E-state index is 0.0220. The molecule has 5 rings (SSSR count). The fourth-order valence-corrected chi connectivity index (χ4v) is 5.52. The molecule has 2 aromatic heterocycles. The number of fused-ring (bicyclic) bond motifs is 2. The molecule has 178 valence electrons. The summed E-state index contributed by atoms with van der Waals surface area (Å²) >= 11 is 0. The maximum Gasteiger partial charge on any atom is 0.325 e. The van der Waals surface area contributed by atoms with Gasteiger partial charge in [-0.3, -0.25) is 14.2 Å². The number of nitrogens with one attached hydrogen (secondary N) is 3. The van der Waals surface area contributed by atoms with Crippen molar-refractivity contribution in [1.82, 2.24) is 24.8 Å². The van der Waals surface area contributed by atoms with E-state index in [1.54, 1.807) is 18.1 Å². The molecule has 1 aliphatic heterocycles. The van der Waals surface area contributed by atoms with E-state index in [1.165, 1.54) is 17.0 Å². The SMILES string of the molecule is COc1cccc2[nH]c(C(=O)N3C[C@@H]4CCC[C@@H]4C3C(=O)N[C@H](C=O)Cn3cc[nH]c3=O)cc12. The van der Waals surface area contributed by atoms with Crippen LogP contribution in [0, 0.1) is 11.8 Å². The highest BCUT2D eigenvalue weighted by Crippen LogP contribution is 2.43. The normalized spacial score (nSPS) is 22.5. The summed E-state index contributed by atoms with van der Waals surface area (Å²) in [5.74, 6) is 0.342. The Balaban J connectivity index is 1.40. The number of benzene rings is 1. The van der Waals surface area contributed by atoms with E-state index in [9.17, 15) is 19.2 Å². The van der Waals surface area contributed by atoms with Crippen molar-refractivity contribution in [3.05, 3.63) is 52.8 Å². The quantitative estimate of drug-likeness (QED) is 0.453. The molecule has 0 radical (unpaired) electrons. The van der Waals surface area contributed by atoms with Gasteiger partial charge in [0.1, 0.15) is 29.8 Å². The van der Waals surface area contributed by atoms with Gasteiger partial charge in [-0.25, -0.2) is 4.79 Å². The van der Waals surface area contributed by atoms with E-state index in [-0.39, 0.29) is 35.9 Å². The van der Waals surface area contributed by atoms with E-state index in [0.717, 1.165) is 30.2 Å². The van der Waals surface area contributed by atoms with Crippen LogP contribution in [-0.4, -0.2) is 63.3 Å². The summed E-state index contributed by atoms with van der Waals surface area (Å²) in [6.07, 6.45) is 6.45. The molecule has 0 bridgehead atoms. The summed E-state index contributed by atoms with van der Waals surface area (Å²) in [6.45, 7) is 0.519. The lowest BCUT2D eigenvalue weighted by Crippen LogP contribution is -2.52. The Morgan fingerprint density at radius 3 is 2.91 bits per heavy atom. The summed E-state index contributed by atoms with van der Waals surface area (Å²) in [7, 11) is 1.58. The van der Waals surface area contributed by atoms with Gasteiger partial charge in [-0.1, -0.05) is 12.5 Å². The summed E-state index contributed by atoms with van der Waals surface area (Å²) in [5.41, 5.74) is 0.813. The molecule has 0 spiro atoms. The lowest BCUT2D eigenvalue weighted by atomic mass is 9.93. The molecule has 3 aromatic rings. The third-order valence-corrected chi connectivity index (χ3v) is 7.10. The first-order valence-electron chi connectivity index (χ1n) is 11.5. The molecule has 2 aliphatic rings. The zero-order valence-electron chi connectivity index (χ0n) is 18.8. The summed E-state index contributed by atoms with van der Waals surface area (Å²) in [5, 5.41) is 3.56. The lowest BCUT2D eigenvalue weighted by Gasteiger charge is -2.28. The van der Waals surface area contributed by atoms with Crippen molar-refractivity contribution < 1.29 is 19.1 Å². The van der Waals surface area contributed by atoms with Crippen LogP contribution in [0.2, 0.25) is 0 Å². The highest BCUT2D eigenvalue weighted by Gasteiger charge is 2.50. The van der Waals surface area contributed by atoms with Gasteiger partial charge in [0.2, 0.25) is 5.91 Å². The van der Waals surface area contributed by atoms with Crippen molar-refractivity contribution in [2.45, 2.75) is 37.9 Å². The Hall–Kier alpha value is -3.82. The monoisotopic (exact) mass is 465 g/mol. The van der Waals surface area contributed by atoms with E-state index < -0.39 is 12.1 Å². The Labute approximate surface area is 195 Å². The van der Waals surface area contributed by atoms with Crippen molar-refractivity contribution in [1.29, 1.82) is 0 Å². The fourth-order valence-electron chi connectivity index (χ4n) is 5.52. The third kappa shape index (κ3) is 3.78.